The van der Waals surface area contributed by atoms with Gasteiger partial charge < -0.3 is 4.74 Å². The average molecular weight is 154 g/mol. The van der Waals surface area contributed by atoms with Crippen molar-refractivity contribution in [1.82, 2.24) is 0 Å². The van der Waals surface area contributed by atoms with Crippen molar-refractivity contribution in [3.63, 3.8) is 0 Å². The molecule has 0 aromatic heterocycles. The monoisotopic (exact) mass is 154 g/mol. The minimum Gasteiger partial charge on any atom is -0.499 e. The first-order valence-electron chi connectivity index (χ1n) is 4.61. The van der Waals surface area contributed by atoms with Crippen LogP contribution < -0.4 is 0 Å². The molecule has 0 saturated heterocycles. The molecule has 0 spiro atoms. The Labute approximate surface area is 69.4 Å². The molecule has 0 aliphatic heterocycles. The van der Waals surface area contributed by atoms with Crippen LogP contribution >= 0.6 is 0 Å². The quantitative estimate of drug-likeness (QED) is 0.567. The molecule has 1 atom stereocenters. The Morgan fingerprint density at radius 3 is 2.55 bits per heavy atom. The Bertz CT molecular complexity index is 114. The minimum atomic E-state index is 0.382. The highest BCUT2D eigenvalue weighted by Crippen LogP contribution is 2.27. The number of rotatable bonds is 3. The van der Waals surface area contributed by atoms with Gasteiger partial charge in [0.15, 0.2) is 0 Å². The van der Waals surface area contributed by atoms with E-state index in [2.05, 4.69) is 13.5 Å². The van der Waals surface area contributed by atoms with Crippen LogP contribution in [-0.4, -0.2) is 6.10 Å². The minimum absolute atomic E-state index is 0.382. The maximum Gasteiger partial charge on any atom is 0.0978 e. The van der Waals surface area contributed by atoms with Gasteiger partial charge in [0.1, 0.15) is 0 Å². The van der Waals surface area contributed by atoms with E-state index in [4.69, 9.17) is 4.74 Å². The predicted molar refractivity (Wildman–Crippen MR) is 47.3 cm³/mol. The molecule has 0 unspecified atom stereocenters. The van der Waals surface area contributed by atoms with Crippen molar-refractivity contribution in [3.8, 4) is 0 Å². The van der Waals surface area contributed by atoms with E-state index in [1.54, 1.807) is 6.26 Å². The largest absolute Gasteiger partial charge is 0.499 e. The van der Waals surface area contributed by atoms with Crippen LogP contribution in [-0.2, 0) is 4.74 Å². The van der Waals surface area contributed by atoms with E-state index in [0.717, 1.165) is 5.92 Å². The van der Waals surface area contributed by atoms with Crippen molar-refractivity contribution < 1.29 is 4.74 Å². The maximum atomic E-state index is 5.35. The van der Waals surface area contributed by atoms with Gasteiger partial charge in [-0.2, -0.15) is 0 Å². The molecule has 0 radical (unpaired) electrons. The lowest BCUT2D eigenvalue weighted by molar-refractivity contribution is 0.0821. The molecule has 0 heterocycles. The molecule has 1 aliphatic rings. The van der Waals surface area contributed by atoms with Crippen LogP contribution in [0.15, 0.2) is 12.8 Å². The molecule has 1 saturated carbocycles. The van der Waals surface area contributed by atoms with Gasteiger partial charge in [0.2, 0.25) is 0 Å². The van der Waals surface area contributed by atoms with E-state index in [0.29, 0.717) is 6.10 Å². The Morgan fingerprint density at radius 1 is 1.36 bits per heavy atom. The Morgan fingerprint density at radius 2 is 2.00 bits per heavy atom. The van der Waals surface area contributed by atoms with Crippen molar-refractivity contribution in [3.05, 3.63) is 12.8 Å². The number of ether oxygens (including phenoxy) is 1. The summed E-state index contributed by atoms with van der Waals surface area (Å²) in [6.07, 6.45) is 8.82. The lowest BCUT2D eigenvalue weighted by Crippen LogP contribution is -2.21. The molecule has 1 heteroatoms. The van der Waals surface area contributed by atoms with E-state index in [9.17, 15) is 0 Å². The fraction of sp³-hybridized carbons (Fsp3) is 0.800. The van der Waals surface area contributed by atoms with Crippen LogP contribution in [0.4, 0.5) is 0 Å². The van der Waals surface area contributed by atoms with Gasteiger partial charge in [0, 0.05) is 0 Å². The molecule has 0 bridgehead atoms. The maximum absolute atomic E-state index is 5.35. The van der Waals surface area contributed by atoms with Crippen LogP contribution in [0.25, 0.3) is 0 Å². The first-order chi connectivity index (χ1) is 5.34. The third-order valence-electron chi connectivity index (χ3n) is 2.62. The van der Waals surface area contributed by atoms with Crippen molar-refractivity contribution in [2.45, 2.75) is 45.1 Å². The van der Waals surface area contributed by atoms with Gasteiger partial charge in [-0.05, 0) is 25.7 Å². The summed E-state index contributed by atoms with van der Waals surface area (Å²) in [7, 11) is 0. The molecule has 64 valence electrons. The van der Waals surface area contributed by atoms with E-state index in [-0.39, 0.29) is 0 Å². The summed E-state index contributed by atoms with van der Waals surface area (Å²) in [5.41, 5.74) is 0. The SMILES string of the molecule is C=CO[C@H](C)C1CCCCC1. The molecule has 1 aliphatic carbocycles. The zero-order chi connectivity index (χ0) is 8.10. The van der Waals surface area contributed by atoms with Gasteiger partial charge >= 0.3 is 0 Å². The summed E-state index contributed by atoms with van der Waals surface area (Å²) in [6, 6.07) is 0. The fourth-order valence-electron chi connectivity index (χ4n) is 1.87. The Balaban J connectivity index is 2.26. The van der Waals surface area contributed by atoms with Crippen LogP contribution in [0.5, 0.6) is 0 Å². The van der Waals surface area contributed by atoms with E-state index < -0.39 is 0 Å². The van der Waals surface area contributed by atoms with Gasteiger partial charge in [-0.15, -0.1) is 0 Å². The van der Waals surface area contributed by atoms with Crippen LogP contribution in [0, 0.1) is 5.92 Å². The van der Waals surface area contributed by atoms with E-state index >= 15 is 0 Å². The lowest BCUT2D eigenvalue weighted by Gasteiger charge is -2.26. The number of hydrogen-bond acceptors (Lipinski definition) is 1. The van der Waals surface area contributed by atoms with Crippen molar-refractivity contribution >= 4 is 0 Å². The second kappa shape index (κ2) is 4.42. The van der Waals surface area contributed by atoms with Gasteiger partial charge in [0.05, 0.1) is 12.4 Å². The molecular weight excluding hydrogens is 136 g/mol. The van der Waals surface area contributed by atoms with Gasteiger partial charge in [-0.3, -0.25) is 0 Å². The van der Waals surface area contributed by atoms with Crippen LogP contribution in [0.1, 0.15) is 39.0 Å². The molecular formula is C10H18O. The highest BCUT2D eigenvalue weighted by molar-refractivity contribution is 4.72. The third-order valence-corrected chi connectivity index (χ3v) is 2.62. The molecule has 0 aromatic carbocycles. The van der Waals surface area contributed by atoms with Crippen LogP contribution in [0.2, 0.25) is 0 Å². The standard InChI is InChI=1S/C10H18O/c1-3-11-9(2)10-7-5-4-6-8-10/h3,9-10H,1,4-8H2,2H3/t9-/m1/s1. The first-order valence-corrected chi connectivity index (χ1v) is 4.61. The van der Waals surface area contributed by atoms with E-state index in [1.165, 1.54) is 32.1 Å². The summed E-state index contributed by atoms with van der Waals surface area (Å²) >= 11 is 0. The van der Waals surface area contributed by atoms with Crippen molar-refractivity contribution in [2.24, 2.45) is 5.92 Å². The highest BCUT2D eigenvalue weighted by Gasteiger charge is 2.19. The summed E-state index contributed by atoms with van der Waals surface area (Å²) in [5.74, 6) is 0.779. The molecule has 1 fully saturated rings. The van der Waals surface area contributed by atoms with E-state index in [1.807, 2.05) is 0 Å². The normalized spacial score (nSPS) is 22.6. The topological polar surface area (TPSA) is 9.23 Å². The third kappa shape index (κ3) is 2.57. The van der Waals surface area contributed by atoms with Crippen molar-refractivity contribution in [2.75, 3.05) is 0 Å². The second-order valence-electron chi connectivity index (χ2n) is 3.41. The zero-order valence-electron chi connectivity index (χ0n) is 7.38. The molecule has 1 nitrogen and oxygen atoms in total. The van der Waals surface area contributed by atoms with Crippen LogP contribution in [0.3, 0.4) is 0 Å². The lowest BCUT2D eigenvalue weighted by atomic mass is 9.86. The summed E-state index contributed by atoms with van der Waals surface area (Å²) in [5, 5.41) is 0. The fourth-order valence-corrected chi connectivity index (χ4v) is 1.87. The molecule has 0 N–H and O–H groups in total. The first kappa shape index (κ1) is 8.63. The zero-order valence-corrected chi connectivity index (χ0v) is 7.38. The summed E-state index contributed by atoms with van der Waals surface area (Å²) in [4.78, 5) is 0. The average Bonchev–Trinajstić information content (AvgIpc) is 2.07. The molecule has 0 amide bonds. The van der Waals surface area contributed by atoms with Gasteiger partial charge in [-0.1, -0.05) is 25.8 Å². The summed E-state index contributed by atoms with van der Waals surface area (Å²) < 4.78 is 5.35. The molecule has 0 aromatic rings. The number of hydrogen-bond donors (Lipinski definition) is 0. The van der Waals surface area contributed by atoms with Crippen molar-refractivity contribution in [1.29, 1.82) is 0 Å². The molecule has 11 heavy (non-hydrogen) atoms. The Hall–Kier alpha value is -0.460. The molecule has 1 rings (SSSR count). The Kier molecular flexibility index (Phi) is 3.47. The highest BCUT2D eigenvalue weighted by atomic mass is 16.5. The van der Waals surface area contributed by atoms with Gasteiger partial charge in [-0.25, -0.2) is 0 Å². The predicted octanol–water partition coefficient (Wildman–Crippen LogP) is 3.12. The second-order valence-corrected chi connectivity index (χ2v) is 3.41. The smallest absolute Gasteiger partial charge is 0.0978 e. The summed E-state index contributed by atoms with van der Waals surface area (Å²) in [6.45, 7) is 5.72. The van der Waals surface area contributed by atoms with Gasteiger partial charge in [0.25, 0.3) is 0 Å².